The van der Waals surface area contributed by atoms with Gasteiger partial charge in [0.15, 0.2) is 13.7 Å². The molecular weight excluding hydrogens is 469 g/mol. The number of pyridine rings is 1. The van der Waals surface area contributed by atoms with E-state index in [1.54, 1.807) is 20.8 Å². The number of nitrogens with one attached hydrogen (secondary N) is 2. The second kappa shape index (κ2) is 8.69. The smallest absolute Gasteiger partial charge is 0.386 e. The van der Waals surface area contributed by atoms with Crippen molar-refractivity contribution in [2.75, 3.05) is 10.8 Å². The summed E-state index contributed by atoms with van der Waals surface area (Å²) in [7, 11) is 0.638. The van der Waals surface area contributed by atoms with Gasteiger partial charge in [0.2, 0.25) is 5.95 Å². The van der Waals surface area contributed by atoms with Crippen molar-refractivity contribution in [1.29, 1.82) is 0 Å². The van der Waals surface area contributed by atoms with Crippen LogP contribution in [0.5, 0.6) is 0 Å². The van der Waals surface area contributed by atoms with Crippen LogP contribution in [-0.4, -0.2) is 49.9 Å². The number of hydrogen-bond acceptors (Lipinski definition) is 8. The molecule has 3 N–H and O–H groups in total. The molecule has 0 aliphatic heterocycles. The number of alkyl halides is 5. The number of hydrogen-bond donors (Lipinski definition) is 3. The third-order valence-corrected chi connectivity index (χ3v) is 4.75. The number of aromatic nitrogens is 4. The molecule has 184 valence electrons. The first-order valence-electron chi connectivity index (χ1n) is 10.00. The number of rotatable bonds is 5. The second-order valence-corrected chi connectivity index (χ2v) is 8.74. The highest BCUT2D eigenvalue weighted by molar-refractivity contribution is 6.18. The average Bonchev–Trinajstić information content (AvgIpc) is 2.70. The summed E-state index contributed by atoms with van der Waals surface area (Å²) in [6, 6.07) is 1.91. The standard InChI is InChI=1S/C19H21BF6N6O2/c1-16(2,3)34-32-15-30-13(10-4-6-17(22,23)18(20,33)12(10)21)29-14(31-15)28-9-5-7-27-11(8-9)19(24,25)26/h5,7-8,33H,4,6,20H2,1-3H3,(H2,27,28,29,30,31,32). The summed E-state index contributed by atoms with van der Waals surface area (Å²) < 4.78 is 81.9. The SMILES string of the molecule is BC1(O)C(F)=C(c2nc(NOC(C)(C)C)nc(Nc3ccnc(C(F)(F)F)c3)n2)CCC1(F)F. The molecule has 1 unspecified atom stereocenters. The van der Waals surface area contributed by atoms with Gasteiger partial charge >= 0.3 is 6.18 Å². The van der Waals surface area contributed by atoms with E-state index in [1.165, 1.54) is 6.07 Å². The molecule has 34 heavy (non-hydrogen) atoms. The molecule has 3 rings (SSSR count). The van der Waals surface area contributed by atoms with Crippen molar-refractivity contribution in [2.45, 2.75) is 56.8 Å². The van der Waals surface area contributed by atoms with Crippen LogP contribution in [0, 0.1) is 0 Å². The van der Waals surface area contributed by atoms with Crippen LogP contribution in [0.25, 0.3) is 5.57 Å². The summed E-state index contributed by atoms with van der Waals surface area (Å²) in [6.45, 7) is 5.08. The molecule has 0 spiro atoms. The van der Waals surface area contributed by atoms with Crippen molar-refractivity contribution in [3.63, 3.8) is 0 Å². The molecule has 0 aromatic carbocycles. The summed E-state index contributed by atoms with van der Waals surface area (Å²) >= 11 is 0. The predicted octanol–water partition coefficient (Wildman–Crippen LogP) is 3.60. The second-order valence-electron chi connectivity index (χ2n) is 8.74. The highest BCUT2D eigenvalue weighted by Gasteiger charge is 2.55. The quantitative estimate of drug-likeness (QED) is 0.332. The molecular formula is C19H21BF6N6O2. The molecule has 2 aromatic rings. The lowest BCUT2D eigenvalue weighted by molar-refractivity contribution is -0.141. The zero-order valence-electron chi connectivity index (χ0n) is 18.6. The first-order valence-corrected chi connectivity index (χ1v) is 10.00. The van der Waals surface area contributed by atoms with Gasteiger partial charge in [0, 0.05) is 23.9 Å². The highest BCUT2D eigenvalue weighted by atomic mass is 19.4. The Balaban J connectivity index is 2.05. The average molecular weight is 490 g/mol. The zero-order valence-corrected chi connectivity index (χ0v) is 18.6. The van der Waals surface area contributed by atoms with Crippen LogP contribution >= 0.6 is 0 Å². The summed E-state index contributed by atoms with van der Waals surface area (Å²) in [5.74, 6) is -6.26. The Hall–Kier alpha value is -2.94. The number of nitrogens with zero attached hydrogens (tertiary/aromatic N) is 4. The van der Waals surface area contributed by atoms with Gasteiger partial charge in [-0.25, -0.2) is 18.7 Å². The van der Waals surface area contributed by atoms with Crippen molar-refractivity contribution in [1.82, 2.24) is 19.9 Å². The summed E-state index contributed by atoms with van der Waals surface area (Å²) in [6.07, 6.45) is -5.18. The van der Waals surface area contributed by atoms with Crippen molar-refractivity contribution in [3.8, 4) is 0 Å². The van der Waals surface area contributed by atoms with Gasteiger partial charge < -0.3 is 10.4 Å². The van der Waals surface area contributed by atoms with E-state index in [0.717, 1.165) is 6.20 Å². The third kappa shape index (κ3) is 5.58. The molecule has 0 amide bonds. The van der Waals surface area contributed by atoms with E-state index >= 15 is 0 Å². The van der Waals surface area contributed by atoms with Gasteiger partial charge in [0.1, 0.15) is 17.0 Å². The van der Waals surface area contributed by atoms with Gasteiger partial charge in [0.25, 0.3) is 11.9 Å². The molecule has 1 aliphatic rings. The van der Waals surface area contributed by atoms with Crippen molar-refractivity contribution in [3.05, 3.63) is 35.7 Å². The maximum absolute atomic E-state index is 14.9. The highest BCUT2D eigenvalue weighted by Crippen LogP contribution is 2.46. The first-order chi connectivity index (χ1) is 15.5. The molecule has 8 nitrogen and oxygen atoms in total. The summed E-state index contributed by atoms with van der Waals surface area (Å²) in [5.41, 5.74) is -3.07. The van der Waals surface area contributed by atoms with Crippen LogP contribution in [0.1, 0.15) is 45.1 Å². The predicted molar refractivity (Wildman–Crippen MR) is 113 cm³/mol. The number of aliphatic hydroxyl groups is 1. The van der Waals surface area contributed by atoms with Crippen molar-refractivity contribution in [2.24, 2.45) is 0 Å². The fourth-order valence-electron chi connectivity index (χ4n) is 2.90. The fourth-order valence-corrected chi connectivity index (χ4v) is 2.90. The maximum atomic E-state index is 14.9. The van der Waals surface area contributed by atoms with Crippen LogP contribution < -0.4 is 10.8 Å². The largest absolute Gasteiger partial charge is 0.433 e. The van der Waals surface area contributed by atoms with E-state index in [4.69, 9.17) is 4.84 Å². The maximum Gasteiger partial charge on any atom is 0.433 e. The molecule has 0 fully saturated rings. The van der Waals surface area contributed by atoms with Gasteiger partial charge in [0.05, 0.1) is 5.60 Å². The monoisotopic (exact) mass is 490 g/mol. The van der Waals surface area contributed by atoms with Gasteiger partial charge in [-0.15, -0.1) is 0 Å². The van der Waals surface area contributed by atoms with Crippen molar-refractivity contribution >= 4 is 31.0 Å². The van der Waals surface area contributed by atoms with Crippen LogP contribution in [0.3, 0.4) is 0 Å². The lowest BCUT2D eigenvalue weighted by Gasteiger charge is -2.36. The van der Waals surface area contributed by atoms with Gasteiger partial charge in [-0.05, 0) is 39.3 Å². The molecule has 1 aliphatic carbocycles. The first kappa shape index (κ1) is 25.7. The van der Waals surface area contributed by atoms with Crippen LogP contribution in [0.15, 0.2) is 24.2 Å². The van der Waals surface area contributed by atoms with E-state index in [-0.39, 0.29) is 17.6 Å². The Morgan fingerprint density at radius 2 is 1.76 bits per heavy atom. The fraction of sp³-hybridized carbons (Fsp3) is 0.474. The normalized spacial score (nSPS) is 20.9. The van der Waals surface area contributed by atoms with E-state index in [1.807, 2.05) is 0 Å². The Labute approximate surface area is 191 Å². The van der Waals surface area contributed by atoms with E-state index in [2.05, 4.69) is 30.7 Å². The Morgan fingerprint density at radius 1 is 1.12 bits per heavy atom. The van der Waals surface area contributed by atoms with E-state index in [0.29, 0.717) is 13.9 Å². The Morgan fingerprint density at radius 3 is 2.38 bits per heavy atom. The lowest BCUT2D eigenvalue weighted by atomic mass is 9.68. The molecule has 0 radical (unpaired) electrons. The summed E-state index contributed by atoms with van der Waals surface area (Å²) in [5, 5.41) is 12.6. The van der Waals surface area contributed by atoms with E-state index in [9.17, 15) is 31.4 Å². The minimum atomic E-state index is -4.71. The molecule has 15 heteroatoms. The van der Waals surface area contributed by atoms with Crippen molar-refractivity contribution < 1.29 is 36.3 Å². The molecule has 0 bridgehead atoms. The molecule has 2 heterocycles. The lowest BCUT2D eigenvalue weighted by Crippen LogP contribution is -2.51. The van der Waals surface area contributed by atoms with Crippen LogP contribution in [0.4, 0.5) is 43.9 Å². The summed E-state index contributed by atoms with van der Waals surface area (Å²) in [4.78, 5) is 20.5. The molecule has 0 saturated heterocycles. The third-order valence-electron chi connectivity index (χ3n) is 4.75. The Bertz CT molecular complexity index is 1100. The van der Waals surface area contributed by atoms with Crippen LogP contribution in [-0.2, 0) is 11.0 Å². The molecule has 1 atom stereocenters. The number of allylic oxidation sites excluding steroid dienone is 1. The number of anilines is 3. The minimum absolute atomic E-state index is 0.0983. The molecule has 0 saturated carbocycles. The molecule has 2 aromatic heterocycles. The van der Waals surface area contributed by atoms with Gasteiger partial charge in [-0.3, -0.25) is 9.82 Å². The van der Waals surface area contributed by atoms with Crippen LogP contribution in [0.2, 0.25) is 0 Å². The van der Waals surface area contributed by atoms with Gasteiger partial charge in [-0.1, -0.05) is 0 Å². The zero-order chi connectivity index (χ0) is 25.5. The Kier molecular flexibility index (Phi) is 6.56. The topological polar surface area (TPSA) is 105 Å². The van der Waals surface area contributed by atoms with E-state index < -0.39 is 59.0 Å². The minimum Gasteiger partial charge on any atom is -0.386 e. The number of halogens is 6. The van der Waals surface area contributed by atoms with Gasteiger partial charge in [-0.2, -0.15) is 28.1 Å².